The number of nitrogens with one attached hydrogen (secondary N) is 1. The predicted octanol–water partition coefficient (Wildman–Crippen LogP) is -0.990. The van der Waals surface area contributed by atoms with Crippen LogP contribution < -0.4 is 29.6 Å². The van der Waals surface area contributed by atoms with Gasteiger partial charge in [0, 0.05) is 6.42 Å². The standard InChI is InChI=1S/C12H13N3O2S.Na/c16-11(17)7-6-10-12(18)15(14-13-10)8-9-4-2-1-3-5-9;/h1-5,14H,6-8H2,(H,16,17);/q;+1. The van der Waals surface area contributed by atoms with E-state index in [4.69, 9.17) is 17.3 Å². The van der Waals surface area contributed by atoms with Gasteiger partial charge in [-0.15, -0.1) is 0 Å². The van der Waals surface area contributed by atoms with Crippen molar-refractivity contribution in [2.45, 2.75) is 19.4 Å². The van der Waals surface area contributed by atoms with Crippen LogP contribution in [0.1, 0.15) is 17.7 Å². The van der Waals surface area contributed by atoms with Crippen LogP contribution in [0.5, 0.6) is 0 Å². The van der Waals surface area contributed by atoms with E-state index in [1.807, 2.05) is 30.3 Å². The second-order valence-corrected chi connectivity index (χ2v) is 4.32. The average molecular weight is 286 g/mol. The van der Waals surface area contributed by atoms with Crippen LogP contribution in [0.25, 0.3) is 0 Å². The topological polar surface area (TPSA) is 70.9 Å². The molecule has 1 heterocycles. The van der Waals surface area contributed by atoms with Gasteiger partial charge in [0.2, 0.25) is 0 Å². The number of nitrogens with zero attached hydrogens (tertiary/aromatic N) is 2. The Bertz CT molecular complexity index is 595. The van der Waals surface area contributed by atoms with Crippen LogP contribution in [0.3, 0.4) is 0 Å². The molecule has 5 nitrogen and oxygen atoms in total. The Morgan fingerprint density at radius 3 is 2.68 bits per heavy atom. The van der Waals surface area contributed by atoms with Gasteiger partial charge in [0.1, 0.15) is 4.64 Å². The van der Waals surface area contributed by atoms with Gasteiger partial charge in [-0.1, -0.05) is 42.5 Å². The third-order valence-electron chi connectivity index (χ3n) is 2.56. The van der Waals surface area contributed by atoms with E-state index in [1.54, 1.807) is 4.68 Å². The summed E-state index contributed by atoms with van der Waals surface area (Å²) < 4.78 is 2.31. The molecule has 0 bridgehead atoms. The minimum atomic E-state index is -0.845. The van der Waals surface area contributed by atoms with Gasteiger partial charge in [-0.05, 0) is 5.56 Å². The fourth-order valence-electron chi connectivity index (χ4n) is 1.63. The second kappa shape index (κ2) is 7.59. The molecular weight excluding hydrogens is 273 g/mol. The Balaban J connectivity index is 0.00000180. The summed E-state index contributed by atoms with van der Waals surface area (Å²) in [6, 6.07) is 9.87. The molecule has 0 aliphatic rings. The summed E-state index contributed by atoms with van der Waals surface area (Å²) >= 11 is 5.25. The smallest absolute Gasteiger partial charge is 0.481 e. The molecule has 0 aliphatic heterocycles. The summed E-state index contributed by atoms with van der Waals surface area (Å²) in [6.07, 6.45) is 0.395. The molecule has 94 valence electrons. The normalized spacial score (nSPS) is 9.89. The number of aromatic amines is 1. The number of carbonyl (C=O) groups is 1. The number of rotatable bonds is 5. The van der Waals surface area contributed by atoms with Crippen molar-refractivity contribution >= 4 is 18.2 Å². The summed E-state index contributed by atoms with van der Waals surface area (Å²) in [5.74, 6) is -0.845. The molecule has 19 heavy (non-hydrogen) atoms. The van der Waals surface area contributed by atoms with Crippen molar-refractivity contribution in [2.24, 2.45) is 0 Å². The van der Waals surface area contributed by atoms with Crippen molar-refractivity contribution in [2.75, 3.05) is 0 Å². The molecule has 7 heteroatoms. The number of carboxylic acid groups (broad SMARTS) is 1. The van der Waals surface area contributed by atoms with Gasteiger partial charge < -0.3 is 5.11 Å². The number of hydrogen-bond acceptors (Lipinski definition) is 3. The maximum absolute atomic E-state index is 10.5. The van der Waals surface area contributed by atoms with Gasteiger partial charge in [-0.2, -0.15) is 5.10 Å². The maximum Gasteiger partial charge on any atom is 1.00 e. The molecule has 0 fully saturated rings. The summed E-state index contributed by atoms with van der Waals surface area (Å²) in [6.45, 7) is 0.611. The summed E-state index contributed by atoms with van der Waals surface area (Å²) in [7, 11) is 0. The van der Waals surface area contributed by atoms with Gasteiger partial charge in [0.05, 0.1) is 18.7 Å². The zero-order chi connectivity index (χ0) is 13.0. The second-order valence-electron chi connectivity index (χ2n) is 3.93. The van der Waals surface area contributed by atoms with Crippen LogP contribution in [0.15, 0.2) is 30.3 Å². The van der Waals surface area contributed by atoms with Crippen molar-refractivity contribution in [1.29, 1.82) is 0 Å². The van der Waals surface area contributed by atoms with Crippen molar-refractivity contribution in [3.05, 3.63) is 46.2 Å². The fraction of sp³-hybridized carbons (Fsp3) is 0.250. The maximum atomic E-state index is 10.5. The van der Waals surface area contributed by atoms with Crippen molar-refractivity contribution in [3.8, 4) is 0 Å². The van der Waals surface area contributed by atoms with Gasteiger partial charge in [-0.25, -0.2) is 5.21 Å². The van der Waals surface area contributed by atoms with Crippen LogP contribution in [0, 0.1) is 4.64 Å². The van der Waals surface area contributed by atoms with Crippen molar-refractivity contribution in [3.63, 3.8) is 0 Å². The first-order chi connectivity index (χ1) is 8.66. The summed E-state index contributed by atoms with van der Waals surface area (Å²) in [4.78, 5) is 10.5. The molecule has 1 aromatic heterocycles. The minimum absolute atomic E-state index is 0. The molecule has 0 saturated heterocycles. The van der Waals surface area contributed by atoms with Crippen LogP contribution in [0.2, 0.25) is 0 Å². The Kier molecular flexibility index (Phi) is 6.44. The minimum Gasteiger partial charge on any atom is -0.481 e. The zero-order valence-electron chi connectivity index (χ0n) is 10.7. The Morgan fingerprint density at radius 2 is 2.05 bits per heavy atom. The van der Waals surface area contributed by atoms with E-state index in [1.165, 1.54) is 0 Å². The van der Waals surface area contributed by atoms with Gasteiger partial charge in [-0.3, -0.25) is 9.48 Å². The molecule has 2 aromatic rings. The number of hydrogen-bond donors (Lipinski definition) is 2. The Labute approximate surface area is 137 Å². The third-order valence-corrected chi connectivity index (χ3v) is 3.01. The average Bonchev–Trinajstić information content (AvgIpc) is 2.70. The van der Waals surface area contributed by atoms with E-state index in [-0.39, 0.29) is 36.0 Å². The third kappa shape index (κ3) is 4.58. The molecular formula is C12H13N3NaO2S+. The SMILES string of the molecule is O=C(O)CCc1n[nH]n(Cc2ccccc2)c1=S.[Na+]. The van der Waals surface area contributed by atoms with E-state index >= 15 is 0 Å². The van der Waals surface area contributed by atoms with E-state index < -0.39 is 5.97 Å². The molecule has 0 spiro atoms. The first-order valence-electron chi connectivity index (χ1n) is 5.56. The number of aryl methyl sites for hydroxylation is 1. The van der Waals surface area contributed by atoms with E-state index in [2.05, 4.69) is 10.3 Å². The molecule has 0 aliphatic carbocycles. The molecule has 1 aromatic carbocycles. The molecule has 2 N–H and O–H groups in total. The molecule has 0 amide bonds. The monoisotopic (exact) mass is 286 g/mol. The number of H-pyrrole nitrogens is 1. The van der Waals surface area contributed by atoms with Crippen LogP contribution in [-0.2, 0) is 17.8 Å². The van der Waals surface area contributed by atoms with Crippen molar-refractivity contribution in [1.82, 2.24) is 15.0 Å². The molecule has 2 rings (SSSR count). The number of benzene rings is 1. The number of aliphatic carboxylic acids is 1. The molecule has 0 saturated carbocycles. The Hall–Kier alpha value is -0.950. The quantitative estimate of drug-likeness (QED) is 0.547. The first-order valence-corrected chi connectivity index (χ1v) is 5.97. The predicted molar refractivity (Wildman–Crippen MR) is 68.9 cm³/mol. The molecule has 0 unspecified atom stereocenters. The Morgan fingerprint density at radius 1 is 1.37 bits per heavy atom. The fourth-order valence-corrected chi connectivity index (χ4v) is 1.88. The molecule has 0 atom stereocenters. The van der Waals surface area contributed by atoms with E-state index in [9.17, 15) is 4.79 Å². The number of aromatic nitrogens is 3. The first kappa shape index (κ1) is 16.1. The summed E-state index contributed by atoms with van der Waals surface area (Å²) in [5, 5.41) is 15.5. The van der Waals surface area contributed by atoms with Crippen LogP contribution >= 0.6 is 12.2 Å². The van der Waals surface area contributed by atoms with Gasteiger partial charge in [0.25, 0.3) is 0 Å². The van der Waals surface area contributed by atoms with Gasteiger partial charge >= 0.3 is 35.5 Å². The number of carboxylic acids is 1. The van der Waals surface area contributed by atoms with E-state index in [0.29, 0.717) is 23.3 Å². The largest absolute Gasteiger partial charge is 1.00 e. The molecule has 0 radical (unpaired) electrons. The van der Waals surface area contributed by atoms with Gasteiger partial charge in [0.15, 0.2) is 0 Å². The zero-order valence-corrected chi connectivity index (χ0v) is 13.5. The van der Waals surface area contributed by atoms with Crippen LogP contribution in [-0.4, -0.2) is 26.1 Å². The summed E-state index contributed by atoms with van der Waals surface area (Å²) in [5.41, 5.74) is 1.74. The van der Waals surface area contributed by atoms with Crippen molar-refractivity contribution < 1.29 is 39.5 Å². The van der Waals surface area contributed by atoms with E-state index in [0.717, 1.165) is 5.56 Å². The van der Waals surface area contributed by atoms with Crippen LogP contribution in [0.4, 0.5) is 0 Å².